The van der Waals surface area contributed by atoms with E-state index in [0.29, 0.717) is 0 Å². The SMILES string of the molecule is CC(C)=C[SiH2]CC[SiH2]C(N(C)C)N(C)C. The number of hydrogen-bond donors (Lipinski definition) is 0. The van der Waals surface area contributed by atoms with Crippen LogP contribution in [0, 0.1) is 0 Å². The minimum absolute atomic E-state index is 0.0428. The highest BCUT2D eigenvalue weighted by Gasteiger charge is 2.12. The van der Waals surface area contributed by atoms with Crippen LogP contribution >= 0.6 is 0 Å². The second-order valence-electron chi connectivity index (χ2n) is 4.97. The minimum atomic E-state index is 0.0428. The van der Waals surface area contributed by atoms with Gasteiger partial charge in [-0.05, 0) is 42.0 Å². The Labute approximate surface area is 100 Å². The van der Waals surface area contributed by atoms with Gasteiger partial charge in [-0.25, -0.2) is 0 Å². The zero-order chi connectivity index (χ0) is 11.8. The molecule has 0 fully saturated rings. The van der Waals surface area contributed by atoms with Gasteiger partial charge in [-0.3, -0.25) is 9.80 Å². The molecule has 0 saturated carbocycles. The van der Waals surface area contributed by atoms with E-state index in [2.05, 4.69) is 57.5 Å². The summed E-state index contributed by atoms with van der Waals surface area (Å²) < 4.78 is 0. The molecular formula is C11H28N2Si2. The van der Waals surface area contributed by atoms with E-state index in [1.807, 2.05) is 0 Å². The molecule has 15 heavy (non-hydrogen) atoms. The van der Waals surface area contributed by atoms with Crippen LogP contribution in [0.2, 0.25) is 12.1 Å². The molecule has 0 amide bonds. The molecule has 90 valence electrons. The number of nitrogens with zero attached hydrogens (tertiary/aromatic N) is 2. The molecule has 4 heteroatoms. The number of hydrogen-bond acceptors (Lipinski definition) is 2. The minimum Gasteiger partial charge on any atom is -0.297 e. The van der Waals surface area contributed by atoms with Crippen molar-refractivity contribution in [2.45, 2.75) is 31.7 Å². The number of allylic oxidation sites excluding steroid dienone is 1. The molecule has 0 unspecified atom stereocenters. The molecule has 0 aliphatic rings. The largest absolute Gasteiger partial charge is 0.297 e. The van der Waals surface area contributed by atoms with Crippen LogP contribution in [-0.4, -0.2) is 62.8 Å². The first-order valence-electron chi connectivity index (χ1n) is 5.91. The molecule has 0 aliphatic heterocycles. The van der Waals surface area contributed by atoms with Crippen molar-refractivity contribution in [3.63, 3.8) is 0 Å². The normalized spacial score (nSPS) is 13.1. The summed E-state index contributed by atoms with van der Waals surface area (Å²) in [5.41, 5.74) is 4.01. The van der Waals surface area contributed by atoms with Crippen molar-refractivity contribution in [2.24, 2.45) is 0 Å². The molecule has 0 aromatic carbocycles. The lowest BCUT2D eigenvalue weighted by Gasteiger charge is -2.30. The van der Waals surface area contributed by atoms with Crippen LogP contribution in [0.3, 0.4) is 0 Å². The Morgan fingerprint density at radius 2 is 1.60 bits per heavy atom. The molecule has 0 aromatic heterocycles. The van der Waals surface area contributed by atoms with Gasteiger partial charge in [0.25, 0.3) is 0 Å². The molecule has 0 rings (SSSR count). The first kappa shape index (κ1) is 15.1. The fourth-order valence-corrected chi connectivity index (χ4v) is 6.33. The van der Waals surface area contributed by atoms with Gasteiger partial charge in [0.15, 0.2) is 0 Å². The van der Waals surface area contributed by atoms with Gasteiger partial charge in [-0.15, -0.1) is 5.70 Å². The summed E-state index contributed by atoms with van der Waals surface area (Å²) in [5, 5.41) is 0. The van der Waals surface area contributed by atoms with E-state index in [1.54, 1.807) is 0 Å². The van der Waals surface area contributed by atoms with E-state index in [4.69, 9.17) is 0 Å². The average molecular weight is 245 g/mol. The van der Waals surface area contributed by atoms with Gasteiger partial charge in [0, 0.05) is 15.3 Å². The zero-order valence-corrected chi connectivity index (χ0v) is 14.2. The summed E-state index contributed by atoms with van der Waals surface area (Å²) in [6.45, 7) is 4.43. The van der Waals surface area contributed by atoms with Crippen molar-refractivity contribution in [1.29, 1.82) is 0 Å². The molecule has 0 N–H and O–H groups in total. The predicted molar refractivity (Wildman–Crippen MR) is 77.3 cm³/mol. The summed E-state index contributed by atoms with van der Waals surface area (Å²) >= 11 is 0. The third-order valence-electron chi connectivity index (χ3n) is 2.66. The highest BCUT2D eigenvalue weighted by molar-refractivity contribution is 6.46. The molecule has 0 spiro atoms. The van der Waals surface area contributed by atoms with Gasteiger partial charge >= 0.3 is 0 Å². The van der Waals surface area contributed by atoms with Crippen molar-refractivity contribution >= 4 is 19.0 Å². The van der Waals surface area contributed by atoms with E-state index in [9.17, 15) is 0 Å². The second kappa shape index (κ2) is 8.27. The van der Waals surface area contributed by atoms with E-state index in [-0.39, 0.29) is 19.0 Å². The average Bonchev–Trinajstić information content (AvgIpc) is 2.08. The lowest BCUT2D eigenvalue weighted by molar-refractivity contribution is 0.200. The molecule has 2 nitrogen and oxygen atoms in total. The van der Waals surface area contributed by atoms with Crippen molar-refractivity contribution in [3.05, 3.63) is 11.3 Å². The van der Waals surface area contributed by atoms with Gasteiger partial charge < -0.3 is 0 Å². The summed E-state index contributed by atoms with van der Waals surface area (Å²) in [4.78, 5) is 4.74. The van der Waals surface area contributed by atoms with E-state index >= 15 is 0 Å². The maximum absolute atomic E-state index is 2.49. The highest BCUT2D eigenvalue weighted by Crippen LogP contribution is 2.01. The summed E-state index contributed by atoms with van der Waals surface area (Å²) in [6.07, 6.45) is 0. The standard InChI is InChI=1S/C11H28N2Si2/c1-10(2)9-14-7-8-15-11(12(3)4)13(5)6/h9,11H,7-8,14-15H2,1-6H3. The second-order valence-corrected chi connectivity index (χ2v) is 8.68. The molecule has 0 radical (unpaired) electrons. The van der Waals surface area contributed by atoms with Gasteiger partial charge in [0.05, 0.1) is 9.52 Å². The van der Waals surface area contributed by atoms with Crippen LogP contribution in [0.25, 0.3) is 0 Å². The fourth-order valence-electron chi connectivity index (χ4n) is 1.84. The van der Waals surface area contributed by atoms with E-state index in [1.165, 1.54) is 17.7 Å². The molecule has 0 atom stereocenters. The first-order chi connectivity index (χ1) is 6.95. The molecule has 0 aliphatic carbocycles. The third kappa shape index (κ3) is 7.96. The van der Waals surface area contributed by atoms with Gasteiger partial charge in [0.2, 0.25) is 0 Å². The Morgan fingerprint density at radius 1 is 1.07 bits per heavy atom. The fraction of sp³-hybridized carbons (Fsp3) is 0.818. The summed E-state index contributed by atoms with van der Waals surface area (Å²) in [7, 11) is 8.95. The van der Waals surface area contributed by atoms with Crippen molar-refractivity contribution in [3.8, 4) is 0 Å². The van der Waals surface area contributed by atoms with Crippen LogP contribution in [0.4, 0.5) is 0 Å². The predicted octanol–water partition coefficient (Wildman–Crippen LogP) is 0.491. The lowest BCUT2D eigenvalue weighted by Crippen LogP contribution is -2.45. The van der Waals surface area contributed by atoms with E-state index in [0.717, 1.165) is 5.79 Å². The third-order valence-corrected chi connectivity index (χ3v) is 8.56. The Hall–Kier alpha value is 0.0938. The maximum Gasteiger partial charge on any atom is 0.0588 e. The summed E-state index contributed by atoms with van der Waals surface area (Å²) in [5.74, 6) is 0.741. The van der Waals surface area contributed by atoms with Crippen LogP contribution in [0.1, 0.15) is 13.8 Å². The Kier molecular flexibility index (Phi) is 8.32. The Bertz CT molecular complexity index is 179. The van der Waals surface area contributed by atoms with Crippen molar-refractivity contribution in [1.82, 2.24) is 9.80 Å². The molecule has 0 saturated heterocycles. The number of rotatable bonds is 7. The monoisotopic (exact) mass is 244 g/mol. The van der Waals surface area contributed by atoms with Gasteiger partial charge in [0.1, 0.15) is 0 Å². The van der Waals surface area contributed by atoms with Crippen molar-refractivity contribution in [2.75, 3.05) is 28.2 Å². The first-order valence-corrected chi connectivity index (χ1v) is 9.54. The topological polar surface area (TPSA) is 6.48 Å². The maximum atomic E-state index is 2.49. The zero-order valence-electron chi connectivity index (χ0n) is 11.4. The van der Waals surface area contributed by atoms with Crippen LogP contribution in [-0.2, 0) is 0 Å². The van der Waals surface area contributed by atoms with Crippen LogP contribution in [0.5, 0.6) is 0 Å². The van der Waals surface area contributed by atoms with Gasteiger partial charge in [-0.2, -0.15) is 0 Å². The summed E-state index contributed by atoms with van der Waals surface area (Å²) in [6, 6.07) is 3.02. The van der Waals surface area contributed by atoms with Crippen molar-refractivity contribution < 1.29 is 0 Å². The van der Waals surface area contributed by atoms with Crippen LogP contribution < -0.4 is 0 Å². The molecule has 0 bridgehead atoms. The quantitative estimate of drug-likeness (QED) is 0.365. The smallest absolute Gasteiger partial charge is 0.0588 e. The Balaban J connectivity index is 3.68. The molecule has 0 heterocycles. The van der Waals surface area contributed by atoms with E-state index < -0.39 is 0 Å². The lowest BCUT2D eigenvalue weighted by atomic mass is 10.4. The molecule has 0 aromatic rings. The molecular weight excluding hydrogens is 216 g/mol. The van der Waals surface area contributed by atoms with Crippen LogP contribution in [0.15, 0.2) is 11.3 Å². The Morgan fingerprint density at radius 3 is 2.00 bits per heavy atom. The van der Waals surface area contributed by atoms with Gasteiger partial charge in [-0.1, -0.05) is 17.7 Å². The highest BCUT2D eigenvalue weighted by atomic mass is 28.2.